The minimum absolute atomic E-state index is 0.0245. The van der Waals surface area contributed by atoms with Crippen LogP contribution in [0.2, 0.25) is 0 Å². The minimum Gasteiger partial charge on any atom is -0.457 e. The topological polar surface area (TPSA) is 65.7 Å². The average Bonchev–Trinajstić information content (AvgIpc) is 2.85. The zero-order chi connectivity index (χ0) is 11.7. The molecule has 0 aromatic carbocycles. The van der Waals surface area contributed by atoms with Crippen molar-refractivity contribution in [2.75, 3.05) is 0 Å². The Morgan fingerprint density at radius 1 is 1.44 bits per heavy atom. The van der Waals surface area contributed by atoms with Crippen molar-refractivity contribution in [3.63, 3.8) is 0 Å². The Labute approximate surface area is 99.5 Å². The van der Waals surface area contributed by atoms with E-state index in [1.54, 1.807) is 0 Å². The van der Waals surface area contributed by atoms with Crippen LogP contribution in [0.5, 0.6) is 0 Å². The Morgan fingerprint density at radius 3 is 2.69 bits per heavy atom. The van der Waals surface area contributed by atoms with E-state index in [2.05, 4.69) is 4.74 Å². The predicted molar refractivity (Wildman–Crippen MR) is 52.7 cm³/mol. The third kappa shape index (κ3) is 1.91. The van der Waals surface area contributed by atoms with Gasteiger partial charge >= 0.3 is 11.9 Å². The van der Waals surface area contributed by atoms with Gasteiger partial charge in [-0.25, -0.2) is 9.59 Å². The number of furan rings is 1. The van der Waals surface area contributed by atoms with Crippen LogP contribution in [0.15, 0.2) is 32.9 Å². The van der Waals surface area contributed by atoms with Gasteiger partial charge < -0.3 is 13.9 Å². The van der Waals surface area contributed by atoms with Gasteiger partial charge in [-0.2, -0.15) is 0 Å². The fourth-order valence-electron chi connectivity index (χ4n) is 1.03. The van der Waals surface area contributed by atoms with Crippen LogP contribution in [0.3, 0.4) is 0 Å². The summed E-state index contributed by atoms with van der Waals surface area (Å²) in [6, 6.07) is 2.92. The molecule has 0 bridgehead atoms. The van der Waals surface area contributed by atoms with Crippen molar-refractivity contribution in [1.29, 1.82) is 0 Å². The molecule has 0 radical (unpaired) electrons. The first-order valence-electron chi connectivity index (χ1n) is 4.10. The standard InChI is InChI=1S/C9H4Cl2O5/c10-5-6(11)9(16-8(5)13)15-7(12)4-2-1-3-14-4/h1-3,9H. The predicted octanol–water partition coefficient (Wildman–Crippen LogP) is 2.01. The maximum atomic E-state index is 11.4. The first kappa shape index (κ1) is 11.0. The van der Waals surface area contributed by atoms with Crippen LogP contribution in [-0.2, 0) is 14.3 Å². The average molecular weight is 263 g/mol. The van der Waals surface area contributed by atoms with Gasteiger partial charge in [0.15, 0.2) is 0 Å². The van der Waals surface area contributed by atoms with Gasteiger partial charge in [-0.1, -0.05) is 23.2 Å². The molecule has 1 aliphatic heterocycles. The Bertz CT molecular complexity index is 462. The number of ether oxygens (including phenoxy) is 2. The molecule has 0 fully saturated rings. The van der Waals surface area contributed by atoms with Gasteiger partial charge in [0, 0.05) is 0 Å². The van der Waals surface area contributed by atoms with Crippen molar-refractivity contribution in [2.45, 2.75) is 6.29 Å². The third-order valence-electron chi connectivity index (χ3n) is 1.75. The highest BCUT2D eigenvalue weighted by molar-refractivity contribution is 6.48. The lowest BCUT2D eigenvalue weighted by molar-refractivity contribution is -0.151. The zero-order valence-corrected chi connectivity index (χ0v) is 9.12. The lowest BCUT2D eigenvalue weighted by atomic mass is 10.4. The molecule has 0 amide bonds. The van der Waals surface area contributed by atoms with Gasteiger partial charge in [0.05, 0.1) is 6.26 Å². The molecule has 1 aliphatic rings. The summed E-state index contributed by atoms with van der Waals surface area (Å²) >= 11 is 11.1. The van der Waals surface area contributed by atoms with Crippen molar-refractivity contribution in [1.82, 2.24) is 0 Å². The number of carbonyl (C=O) groups excluding carboxylic acids is 2. The second-order valence-corrected chi connectivity index (χ2v) is 3.57. The summed E-state index contributed by atoms with van der Waals surface area (Å²) < 4.78 is 14.1. The van der Waals surface area contributed by atoms with Gasteiger partial charge in [0.2, 0.25) is 5.76 Å². The third-order valence-corrected chi connectivity index (χ3v) is 2.57. The van der Waals surface area contributed by atoms with Crippen LogP contribution in [-0.4, -0.2) is 18.2 Å². The van der Waals surface area contributed by atoms with Crippen LogP contribution in [0, 0.1) is 0 Å². The summed E-state index contributed by atoms with van der Waals surface area (Å²) in [6.45, 7) is 0. The van der Waals surface area contributed by atoms with E-state index < -0.39 is 18.2 Å². The fourth-order valence-corrected chi connectivity index (χ4v) is 1.33. The van der Waals surface area contributed by atoms with Gasteiger partial charge in [-0.15, -0.1) is 0 Å². The molecule has 1 atom stereocenters. The van der Waals surface area contributed by atoms with Crippen molar-refractivity contribution in [3.8, 4) is 0 Å². The highest BCUT2D eigenvalue weighted by atomic mass is 35.5. The monoisotopic (exact) mass is 262 g/mol. The summed E-state index contributed by atoms with van der Waals surface area (Å²) in [5, 5.41) is -0.453. The van der Waals surface area contributed by atoms with Gasteiger partial charge in [-0.3, -0.25) is 0 Å². The number of carbonyl (C=O) groups is 2. The summed E-state index contributed by atoms with van der Waals surface area (Å²) in [6.07, 6.45) is 0.000984. The molecule has 0 saturated carbocycles. The largest absolute Gasteiger partial charge is 0.457 e. The number of hydrogen-bond acceptors (Lipinski definition) is 5. The summed E-state index contributed by atoms with van der Waals surface area (Å²) in [5.41, 5.74) is 0. The molecule has 2 rings (SSSR count). The van der Waals surface area contributed by atoms with E-state index >= 15 is 0 Å². The molecular formula is C9H4Cl2O5. The number of esters is 2. The Kier molecular flexibility index (Phi) is 2.89. The number of halogens is 2. The molecule has 16 heavy (non-hydrogen) atoms. The van der Waals surface area contributed by atoms with E-state index in [-0.39, 0.29) is 15.8 Å². The van der Waals surface area contributed by atoms with E-state index in [1.807, 2.05) is 0 Å². The maximum absolute atomic E-state index is 11.4. The fraction of sp³-hybridized carbons (Fsp3) is 0.111. The van der Waals surface area contributed by atoms with Crippen molar-refractivity contribution in [3.05, 3.63) is 34.2 Å². The molecule has 1 aromatic heterocycles. The lowest BCUT2D eigenvalue weighted by Crippen LogP contribution is -2.19. The Morgan fingerprint density at radius 2 is 2.19 bits per heavy atom. The van der Waals surface area contributed by atoms with E-state index in [1.165, 1.54) is 18.4 Å². The normalized spacial score (nSPS) is 19.9. The minimum atomic E-state index is -1.31. The number of hydrogen-bond donors (Lipinski definition) is 0. The smallest absolute Gasteiger partial charge is 0.377 e. The Balaban J connectivity index is 2.08. The molecule has 0 aliphatic carbocycles. The van der Waals surface area contributed by atoms with Crippen molar-refractivity contribution < 1.29 is 23.5 Å². The molecule has 84 valence electrons. The van der Waals surface area contributed by atoms with Gasteiger partial charge in [0.25, 0.3) is 6.29 Å². The molecule has 1 unspecified atom stereocenters. The van der Waals surface area contributed by atoms with E-state index in [0.717, 1.165) is 0 Å². The summed E-state index contributed by atoms with van der Waals surface area (Å²) in [5.74, 6) is -1.65. The molecule has 7 heteroatoms. The number of rotatable bonds is 2. The maximum Gasteiger partial charge on any atom is 0.377 e. The molecule has 5 nitrogen and oxygen atoms in total. The quantitative estimate of drug-likeness (QED) is 0.763. The highest BCUT2D eigenvalue weighted by Crippen LogP contribution is 2.29. The van der Waals surface area contributed by atoms with Gasteiger partial charge in [-0.05, 0) is 12.1 Å². The number of cyclic esters (lactones) is 1. The van der Waals surface area contributed by atoms with Crippen LogP contribution in [0.1, 0.15) is 10.6 Å². The molecule has 0 spiro atoms. The highest BCUT2D eigenvalue weighted by Gasteiger charge is 2.35. The molecular weight excluding hydrogens is 259 g/mol. The van der Waals surface area contributed by atoms with E-state index in [4.69, 9.17) is 32.4 Å². The van der Waals surface area contributed by atoms with Crippen LogP contribution < -0.4 is 0 Å². The first-order chi connectivity index (χ1) is 7.59. The molecule has 0 N–H and O–H groups in total. The van der Waals surface area contributed by atoms with E-state index in [9.17, 15) is 9.59 Å². The SMILES string of the molecule is O=C1OC(OC(=O)c2ccco2)C(Cl)=C1Cl. The second-order valence-electron chi connectivity index (χ2n) is 2.78. The van der Waals surface area contributed by atoms with Crippen LogP contribution in [0.25, 0.3) is 0 Å². The summed E-state index contributed by atoms with van der Waals surface area (Å²) in [7, 11) is 0. The molecule has 0 saturated heterocycles. The molecule has 1 aromatic rings. The molecule has 2 heterocycles. The van der Waals surface area contributed by atoms with Crippen molar-refractivity contribution >= 4 is 35.1 Å². The first-order valence-corrected chi connectivity index (χ1v) is 4.86. The van der Waals surface area contributed by atoms with E-state index in [0.29, 0.717) is 0 Å². The van der Waals surface area contributed by atoms with Gasteiger partial charge in [0.1, 0.15) is 10.1 Å². The van der Waals surface area contributed by atoms with Crippen molar-refractivity contribution in [2.24, 2.45) is 0 Å². The lowest BCUT2D eigenvalue weighted by Gasteiger charge is -2.09. The zero-order valence-electron chi connectivity index (χ0n) is 7.61. The second kappa shape index (κ2) is 4.19. The Hall–Kier alpha value is -1.46. The van der Waals surface area contributed by atoms with Crippen LogP contribution in [0.4, 0.5) is 0 Å². The summed E-state index contributed by atoms with van der Waals surface area (Å²) in [4.78, 5) is 22.3. The van der Waals surface area contributed by atoms with Crippen LogP contribution >= 0.6 is 23.2 Å².